The number of nitrogens with zero attached hydrogens (tertiary/aromatic N) is 1. The zero-order chi connectivity index (χ0) is 13.7. The molecule has 0 amide bonds. The van der Waals surface area contributed by atoms with E-state index < -0.39 is 0 Å². The van der Waals surface area contributed by atoms with Crippen molar-refractivity contribution in [3.05, 3.63) is 38.6 Å². The van der Waals surface area contributed by atoms with Gasteiger partial charge >= 0.3 is 0 Å². The third kappa shape index (κ3) is 4.16. The largest absolute Gasteiger partial charge is 0.395 e. The molecular formula is C13H14Cl2N2OS. The number of aliphatic hydroxyl groups is 1. The number of benzene rings is 1. The summed E-state index contributed by atoms with van der Waals surface area (Å²) in [5.41, 5.74) is 1.89. The third-order valence-electron chi connectivity index (χ3n) is 2.57. The summed E-state index contributed by atoms with van der Waals surface area (Å²) in [6, 6.07) is 5.52. The summed E-state index contributed by atoms with van der Waals surface area (Å²) in [7, 11) is 0. The third-order valence-corrected chi connectivity index (χ3v) is 4.22. The van der Waals surface area contributed by atoms with Crippen LogP contribution in [0.4, 0.5) is 0 Å². The van der Waals surface area contributed by atoms with E-state index in [0.717, 1.165) is 29.2 Å². The van der Waals surface area contributed by atoms with Crippen molar-refractivity contribution in [2.75, 3.05) is 19.7 Å². The first-order valence-electron chi connectivity index (χ1n) is 5.92. The first kappa shape index (κ1) is 14.8. The number of hydrogen-bond acceptors (Lipinski definition) is 4. The summed E-state index contributed by atoms with van der Waals surface area (Å²) in [6.07, 6.45) is 0.853. The predicted molar refractivity (Wildman–Crippen MR) is 81.2 cm³/mol. The highest BCUT2D eigenvalue weighted by Crippen LogP contribution is 2.29. The van der Waals surface area contributed by atoms with Gasteiger partial charge in [0.25, 0.3) is 0 Å². The topological polar surface area (TPSA) is 45.1 Å². The Morgan fingerprint density at radius 1 is 1.21 bits per heavy atom. The number of aliphatic hydroxyl groups excluding tert-OH is 1. The quantitative estimate of drug-likeness (QED) is 0.804. The Labute approximate surface area is 126 Å². The maximum absolute atomic E-state index is 8.67. The Morgan fingerprint density at radius 3 is 2.79 bits per heavy atom. The molecule has 1 aromatic carbocycles. The molecule has 0 bridgehead atoms. The van der Waals surface area contributed by atoms with Crippen molar-refractivity contribution in [1.82, 2.24) is 10.3 Å². The van der Waals surface area contributed by atoms with Crippen molar-refractivity contribution in [2.45, 2.75) is 6.42 Å². The summed E-state index contributed by atoms with van der Waals surface area (Å²) in [6.45, 7) is 1.59. The van der Waals surface area contributed by atoms with Gasteiger partial charge in [0, 0.05) is 30.5 Å². The predicted octanol–water partition coefficient (Wildman–Crippen LogP) is 3.24. The molecule has 0 atom stereocenters. The van der Waals surface area contributed by atoms with E-state index in [9.17, 15) is 0 Å². The van der Waals surface area contributed by atoms with Crippen molar-refractivity contribution < 1.29 is 5.11 Å². The lowest BCUT2D eigenvalue weighted by atomic mass is 10.2. The van der Waals surface area contributed by atoms with Crippen molar-refractivity contribution in [1.29, 1.82) is 0 Å². The van der Waals surface area contributed by atoms with Crippen LogP contribution in [0.5, 0.6) is 0 Å². The van der Waals surface area contributed by atoms with Crippen LogP contribution in [0.2, 0.25) is 10.0 Å². The van der Waals surface area contributed by atoms with Gasteiger partial charge < -0.3 is 10.4 Å². The minimum atomic E-state index is 0.159. The standard InChI is InChI=1S/C13H14Cl2N2OS/c14-10-2-1-9(7-11(10)15)12-8-19-13(17-12)3-4-16-5-6-18/h1-2,7-8,16,18H,3-6H2. The second-order valence-corrected chi connectivity index (χ2v) is 5.74. The summed E-state index contributed by atoms with van der Waals surface area (Å²) in [4.78, 5) is 4.56. The number of halogens is 2. The van der Waals surface area contributed by atoms with Crippen LogP contribution < -0.4 is 5.32 Å². The summed E-state index contributed by atoms with van der Waals surface area (Å²) < 4.78 is 0. The second kappa shape index (κ2) is 7.22. The van der Waals surface area contributed by atoms with E-state index in [0.29, 0.717) is 16.6 Å². The van der Waals surface area contributed by atoms with Crippen molar-refractivity contribution in [3.8, 4) is 11.3 Å². The van der Waals surface area contributed by atoms with E-state index in [1.165, 1.54) is 0 Å². The molecule has 6 heteroatoms. The Kier molecular flexibility index (Phi) is 5.60. The summed E-state index contributed by atoms with van der Waals surface area (Å²) in [5.74, 6) is 0. The van der Waals surface area contributed by atoms with E-state index in [-0.39, 0.29) is 6.61 Å². The molecule has 0 saturated carbocycles. The molecule has 2 aromatic rings. The molecule has 0 aliphatic heterocycles. The highest BCUT2D eigenvalue weighted by atomic mass is 35.5. The van der Waals surface area contributed by atoms with Crippen LogP contribution in [0.25, 0.3) is 11.3 Å². The van der Waals surface area contributed by atoms with Crippen LogP contribution in [0.15, 0.2) is 23.6 Å². The maximum atomic E-state index is 8.67. The highest BCUT2D eigenvalue weighted by molar-refractivity contribution is 7.09. The molecule has 1 aromatic heterocycles. The van der Waals surface area contributed by atoms with Crippen LogP contribution in [-0.2, 0) is 6.42 Å². The molecule has 1 heterocycles. The molecule has 0 unspecified atom stereocenters. The molecule has 3 nitrogen and oxygen atoms in total. The minimum Gasteiger partial charge on any atom is -0.395 e. The molecule has 2 N–H and O–H groups in total. The van der Waals surface area contributed by atoms with Gasteiger partial charge in [-0.15, -0.1) is 11.3 Å². The molecule has 19 heavy (non-hydrogen) atoms. The fourth-order valence-corrected chi connectivity index (χ4v) is 2.72. The van der Waals surface area contributed by atoms with Gasteiger partial charge in [-0.25, -0.2) is 4.98 Å². The zero-order valence-electron chi connectivity index (χ0n) is 10.2. The number of hydrogen-bond donors (Lipinski definition) is 2. The Bertz CT molecular complexity index is 545. The average molecular weight is 317 g/mol. The van der Waals surface area contributed by atoms with Crippen molar-refractivity contribution in [2.24, 2.45) is 0 Å². The minimum absolute atomic E-state index is 0.159. The Hall–Kier alpha value is -0.650. The number of nitrogens with one attached hydrogen (secondary N) is 1. The first-order chi connectivity index (χ1) is 9.20. The van der Waals surface area contributed by atoms with E-state index in [2.05, 4.69) is 10.3 Å². The number of thiazole rings is 1. The van der Waals surface area contributed by atoms with E-state index in [1.54, 1.807) is 17.4 Å². The molecule has 0 radical (unpaired) electrons. The lowest BCUT2D eigenvalue weighted by molar-refractivity contribution is 0.293. The van der Waals surface area contributed by atoms with E-state index in [1.807, 2.05) is 17.5 Å². The van der Waals surface area contributed by atoms with Gasteiger partial charge in [0.05, 0.1) is 27.4 Å². The average Bonchev–Trinajstić information content (AvgIpc) is 2.87. The fraction of sp³-hybridized carbons (Fsp3) is 0.308. The smallest absolute Gasteiger partial charge is 0.0945 e. The molecule has 0 fully saturated rings. The molecule has 2 rings (SSSR count). The second-order valence-electron chi connectivity index (χ2n) is 3.98. The molecule has 0 spiro atoms. The van der Waals surface area contributed by atoms with Gasteiger partial charge in [0.1, 0.15) is 0 Å². The summed E-state index contributed by atoms with van der Waals surface area (Å²) in [5, 5.41) is 16.0. The van der Waals surface area contributed by atoms with Crippen LogP contribution >= 0.6 is 34.5 Å². The van der Waals surface area contributed by atoms with Gasteiger partial charge in [-0.3, -0.25) is 0 Å². The van der Waals surface area contributed by atoms with Gasteiger partial charge in [-0.05, 0) is 12.1 Å². The zero-order valence-corrected chi connectivity index (χ0v) is 12.5. The SMILES string of the molecule is OCCNCCc1nc(-c2ccc(Cl)c(Cl)c2)cs1. The van der Waals surface area contributed by atoms with E-state index >= 15 is 0 Å². The molecule has 0 saturated heterocycles. The lowest BCUT2D eigenvalue weighted by Crippen LogP contribution is -2.20. The first-order valence-corrected chi connectivity index (χ1v) is 7.55. The van der Waals surface area contributed by atoms with Gasteiger partial charge in [-0.1, -0.05) is 29.3 Å². The van der Waals surface area contributed by atoms with Gasteiger partial charge in [-0.2, -0.15) is 0 Å². The summed E-state index contributed by atoms with van der Waals surface area (Å²) >= 11 is 13.5. The van der Waals surface area contributed by atoms with Gasteiger partial charge in [0.2, 0.25) is 0 Å². The highest BCUT2D eigenvalue weighted by Gasteiger charge is 2.06. The van der Waals surface area contributed by atoms with Gasteiger partial charge in [0.15, 0.2) is 0 Å². The molecule has 0 aliphatic carbocycles. The van der Waals surface area contributed by atoms with Crippen LogP contribution in [0.3, 0.4) is 0 Å². The molecular weight excluding hydrogens is 303 g/mol. The fourth-order valence-electron chi connectivity index (χ4n) is 1.61. The van der Waals surface area contributed by atoms with E-state index in [4.69, 9.17) is 28.3 Å². The molecule has 102 valence electrons. The normalized spacial score (nSPS) is 10.9. The Morgan fingerprint density at radius 2 is 2.05 bits per heavy atom. The molecule has 0 aliphatic rings. The van der Waals surface area contributed by atoms with Crippen LogP contribution in [0.1, 0.15) is 5.01 Å². The Balaban J connectivity index is 2.01. The number of aromatic nitrogens is 1. The number of rotatable bonds is 6. The lowest BCUT2D eigenvalue weighted by Gasteiger charge is -2.00. The monoisotopic (exact) mass is 316 g/mol. The van der Waals surface area contributed by atoms with Crippen molar-refractivity contribution in [3.63, 3.8) is 0 Å². The maximum Gasteiger partial charge on any atom is 0.0945 e. The van der Waals surface area contributed by atoms with Crippen molar-refractivity contribution >= 4 is 34.5 Å². The van der Waals surface area contributed by atoms with Crippen LogP contribution in [-0.4, -0.2) is 29.8 Å². The van der Waals surface area contributed by atoms with Crippen LogP contribution in [0, 0.1) is 0 Å².